The Morgan fingerprint density at radius 2 is 1.97 bits per heavy atom. The molecular formula is C24H34N6O4S. The second-order valence-electron chi connectivity index (χ2n) is 9.70. The number of rotatable bonds is 10. The van der Waals surface area contributed by atoms with Crippen molar-refractivity contribution < 1.29 is 18.3 Å². The molecule has 0 radical (unpaired) electrons. The van der Waals surface area contributed by atoms with Gasteiger partial charge in [-0.3, -0.25) is 0 Å². The number of ether oxygens (including phenoxy) is 1. The summed E-state index contributed by atoms with van der Waals surface area (Å²) in [5.41, 5.74) is 0.213. The van der Waals surface area contributed by atoms with Gasteiger partial charge in [0.15, 0.2) is 5.82 Å². The summed E-state index contributed by atoms with van der Waals surface area (Å²) in [6.07, 6.45) is 9.02. The van der Waals surface area contributed by atoms with E-state index in [1.165, 1.54) is 0 Å². The lowest BCUT2D eigenvalue weighted by atomic mass is 9.77. The van der Waals surface area contributed by atoms with Crippen LogP contribution >= 0.6 is 0 Å². The lowest BCUT2D eigenvalue weighted by molar-refractivity contribution is -0.000415. The monoisotopic (exact) mass is 502 g/mol. The molecule has 1 aliphatic carbocycles. The highest BCUT2D eigenvalue weighted by Gasteiger charge is 2.31. The Morgan fingerprint density at radius 3 is 2.69 bits per heavy atom. The van der Waals surface area contributed by atoms with Crippen molar-refractivity contribution in [2.75, 3.05) is 24.7 Å². The van der Waals surface area contributed by atoms with E-state index in [0.717, 1.165) is 42.8 Å². The van der Waals surface area contributed by atoms with Crippen molar-refractivity contribution in [1.82, 2.24) is 24.5 Å². The zero-order valence-corrected chi connectivity index (χ0v) is 21.3. The number of aromatic nitrogens is 4. The van der Waals surface area contributed by atoms with Gasteiger partial charge in [-0.05, 0) is 64.0 Å². The average molecular weight is 503 g/mol. The molecule has 3 N–H and O–H groups in total. The first-order chi connectivity index (χ1) is 16.6. The molecule has 10 nitrogen and oxygen atoms in total. The summed E-state index contributed by atoms with van der Waals surface area (Å²) in [6.45, 7) is 4.48. The molecule has 1 aliphatic rings. The number of hydrogen-bond acceptors (Lipinski definition) is 8. The van der Waals surface area contributed by atoms with Crippen molar-refractivity contribution in [2.45, 2.75) is 57.6 Å². The van der Waals surface area contributed by atoms with Gasteiger partial charge in [0.05, 0.1) is 35.6 Å². The summed E-state index contributed by atoms with van der Waals surface area (Å²) in [5, 5.41) is 19.1. The molecule has 0 aliphatic heterocycles. The van der Waals surface area contributed by atoms with Crippen molar-refractivity contribution in [3.8, 4) is 11.6 Å². The highest BCUT2D eigenvalue weighted by molar-refractivity contribution is 7.88. The summed E-state index contributed by atoms with van der Waals surface area (Å²) < 4.78 is 32.5. The molecule has 2 heterocycles. The van der Waals surface area contributed by atoms with Gasteiger partial charge < -0.3 is 15.2 Å². The summed E-state index contributed by atoms with van der Waals surface area (Å²) in [7, 11) is -3.20. The summed E-state index contributed by atoms with van der Waals surface area (Å²) >= 11 is 0. The smallest absolute Gasteiger partial charge is 0.224 e. The number of hydrogen-bond donors (Lipinski definition) is 3. The largest absolute Gasteiger partial charge is 0.493 e. The molecule has 1 fully saturated rings. The highest BCUT2D eigenvalue weighted by Crippen LogP contribution is 2.33. The molecule has 1 saturated carbocycles. The van der Waals surface area contributed by atoms with E-state index in [-0.39, 0.29) is 6.04 Å². The number of benzene rings is 1. The second kappa shape index (κ2) is 10.5. The number of nitrogens with one attached hydrogen (secondary N) is 2. The molecule has 3 aromatic rings. The van der Waals surface area contributed by atoms with E-state index < -0.39 is 15.6 Å². The van der Waals surface area contributed by atoms with Gasteiger partial charge in [-0.1, -0.05) is 6.07 Å². The minimum Gasteiger partial charge on any atom is -0.493 e. The van der Waals surface area contributed by atoms with E-state index in [1.807, 2.05) is 38.1 Å². The molecule has 0 spiro atoms. The zero-order chi connectivity index (χ0) is 25.1. The van der Waals surface area contributed by atoms with Crippen molar-refractivity contribution in [2.24, 2.45) is 5.92 Å². The van der Waals surface area contributed by atoms with Crippen LogP contribution in [0.2, 0.25) is 0 Å². The van der Waals surface area contributed by atoms with Crippen LogP contribution in [0.15, 0.2) is 36.7 Å². The molecule has 0 saturated heterocycles. The standard InChI is InChI=1S/C24H34N6O4S/c1-24(2,31)17-8-10-18(11-9-17)28-23-25-14-12-22(29-23)30-20-6-4-7-21(19(20)16-26-30)34-15-5-13-27-35(3,32)33/h4,6-7,12,14,16-18,27,31H,5,8-11,13,15H2,1-3H3,(H,25,28,29)/t17-,18-. The second-order valence-corrected chi connectivity index (χ2v) is 11.5. The molecule has 0 amide bonds. The quantitative estimate of drug-likeness (QED) is 0.361. The van der Waals surface area contributed by atoms with Gasteiger partial charge in [0.2, 0.25) is 16.0 Å². The van der Waals surface area contributed by atoms with Crippen LogP contribution in [0.25, 0.3) is 16.7 Å². The number of aliphatic hydroxyl groups is 1. The minimum atomic E-state index is -3.20. The maximum atomic E-state index is 11.2. The Labute approximate surface area is 206 Å². The predicted molar refractivity (Wildman–Crippen MR) is 135 cm³/mol. The lowest BCUT2D eigenvalue weighted by Crippen LogP contribution is -2.37. The van der Waals surface area contributed by atoms with Gasteiger partial charge >= 0.3 is 0 Å². The maximum absolute atomic E-state index is 11.2. The van der Waals surface area contributed by atoms with Crippen LogP contribution in [0.1, 0.15) is 46.0 Å². The van der Waals surface area contributed by atoms with Crippen LogP contribution in [0, 0.1) is 5.92 Å². The average Bonchev–Trinajstić information content (AvgIpc) is 3.23. The topological polar surface area (TPSA) is 131 Å². The molecule has 11 heteroatoms. The Morgan fingerprint density at radius 1 is 1.20 bits per heavy atom. The van der Waals surface area contributed by atoms with Crippen molar-refractivity contribution >= 4 is 26.9 Å². The first-order valence-corrected chi connectivity index (χ1v) is 13.9. The molecule has 0 bridgehead atoms. The fourth-order valence-electron chi connectivity index (χ4n) is 4.51. The van der Waals surface area contributed by atoms with Crippen LogP contribution in [0.5, 0.6) is 5.75 Å². The fraction of sp³-hybridized carbons (Fsp3) is 0.542. The number of sulfonamides is 1. The van der Waals surface area contributed by atoms with Gasteiger partial charge in [-0.2, -0.15) is 10.1 Å². The zero-order valence-electron chi connectivity index (χ0n) is 20.4. The first-order valence-electron chi connectivity index (χ1n) is 12.0. The van der Waals surface area contributed by atoms with E-state index in [1.54, 1.807) is 17.1 Å². The van der Waals surface area contributed by atoms with Crippen LogP contribution in [0.3, 0.4) is 0 Å². The summed E-state index contributed by atoms with van der Waals surface area (Å²) in [5.74, 6) is 2.21. The molecule has 0 unspecified atom stereocenters. The Balaban J connectivity index is 1.42. The van der Waals surface area contributed by atoms with Crippen LogP contribution < -0.4 is 14.8 Å². The van der Waals surface area contributed by atoms with E-state index in [4.69, 9.17) is 4.74 Å². The maximum Gasteiger partial charge on any atom is 0.224 e. The SMILES string of the molecule is CC(C)(O)[C@H]1CC[C@H](Nc2nccc(-n3ncc4c(OCCCNS(C)(=O)=O)cccc43)n2)CC1. The molecule has 1 aromatic carbocycles. The van der Waals surface area contributed by atoms with E-state index in [2.05, 4.69) is 25.1 Å². The van der Waals surface area contributed by atoms with E-state index in [0.29, 0.717) is 43.0 Å². The normalized spacial score (nSPS) is 19.1. The molecular weight excluding hydrogens is 468 g/mol. The fourth-order valence-corrected chi connectivity index (χ4v) is 5.02. The van der Waals surface area contributed by atoms with Gasteiger partial charge in [-0.25, -0.2) is 22.8 Å². The Bertz CT molecular complexity index is 1250. The van der Waals surface area contributed by atoms with Gasteiger partial charge in [-0.15, -0.1) is 0 Å². The highest BCUT2D eigenvalue weighted by atomic mass is 32.2. The van der Waals surface area contributed by atoms with E-state index in [9.17, 15) is 13.5 Å². The molecule has 190 valence electrons. The third-order valence-electron chi connectivity index (χ3n) is 6.43. The van der Waals surface area contributed by atoms with Gasteiger partial charge in [0.25, 0.3) is 0 Å². The summed E-state index contributed by atoms with van der Waals surface area (Å²) in [4.78, 5) is 9.09. The van der Waals surface area contributed by atoms with Crippen molar-refractivity contribution in [1.29, 1.82) is 0 Å². The Kier molecular flexibility index (Phi) is 7.58. The molecule has 0 atom stereocenters. The molecule has 2 aromatic heterocycles. The number of nitrogens with zero attached hydrogens (tertiary/aromatic N) is 4. The third kappa shape index (κ3) is 6.68. The molecule has 35 heavy (non-hydrogen) atoms. The van der Waals surface area contributed by atoms with Crippen LogP contribution in [0.4, 0.5) is 5.95 Å². The van der Waals surface area contributed by atoms with Crippen LogP contribution in [-0.4, -0.2) is 64.3 Å². The molecule has 4 rings (SSSR count). The van der Waals surface area contributed by atoms with Crippen molar-refractivity contribution in [3.63, 3.8) is 0 Å². The Hall–Kier alpha value is -2.76. The van der Waals surface area contributed by atoms with Crippen molar-refractivity contribution in [3.05, 3.63) is 36.7 Å². The predicted octanol–water partition coefficient (Wildman–Crippen LogP) is 2.88. The van der Waals surface area contributed by atoms with Crippen LogP contribution in [-0.2, 0) is 10.0 Å². The minimum absolute atomic E-state index is 0.274. The van der Waals surface area contributed by atoms with E-state index >= 15 is 0 Å². The summed E-state index contributed by atoms with van der Waals surface area (Å²) in [6, 6.07) is 7.80. The van der Waals surface area contributed by atoms with Gasteiger partial charge in [0.1, 0.15) is 5.75 Å². The first kappa shape index (κ1) is 25.3. The lowest BCUT2D eigenvalue weighted by Gasteiger charge is -2.36. The number of anilines is 1. The third-order valence-corrected chi connectivity index (χ3v) is 7.16. The van der Waals surface area contributed by atoms with Gasteiger partial charge in [0, 0.05) is 24.8 Å². The number of fused-ring (bicyclic) bond motifs is 1.